The quantitative estimate of drug-likeness (QED) is 0.449. The molecule has 0 unspecified atom stereocenters. The Morgan fingerprint density at radius 2 is 1.74 bits per heavy atom. The third-order valence-corrected chi connectivity index (χ3v) is 5.90. The number of nitrogens with one attached hydrogen (secondary N) is 2. The van der Waals surface area contributed by atoms with Crippen molar-refractivity contribution in [1.29, 1.82) is 0 Å². The first-order chi connectivity index (χ1) is 15.9. The van der Waals surface area contributed by atoms with Crippen molar-refractivity contribution in [2.45, 2.75) is 31.1 Å². The molecule has 0 spiro atoms. The van der Waals surface area contributed by atoms with Gasteiger partial charge in [0.2, 0.25) is 5.91 Å². The largest absolute Gasteiger partial charge is 0.477 e. The second kappa shape index (κ2) is 8.32. The van der Waals surface area contributed by atoms with Gasteiger partial charge in [0.05, 0.1) is 15.9 Å². The molecular weight excluding hydrogens is 482 g/mol. The van der Waals surface area contributed by atoms with Gasteiger partial charge in [-0.1, -0.05) is 29.8 Å². The van der Waals surface area contributed by atoms with Gasteiger partial charge in [0.1, 0.15) is 11.4 Å². The number of halogens is 5. The van der Waals surface area contributed by atoms with E-state index in [1.54, 1.807) is 17.4 Å². The molecule has 0 atom stereocenters. The van der Waals surface area contributed by atoms with Gasteiger partial charge in [-0.15, -0.1) is 0 Å². The number of alkyl halides is 3. The zero-order valence-corrected chi connectivity index (χ0v) is 17.9. The van der Waals surface area contributed by atoms with E-state index in [1.807, 2.05) is 0 Å². The molecule has 3 aromatic rings. The number of carbonyl (C=O) groups excluding carboxylic acids is 2. The first-order valence-corrected chi connectivity index (χ1v) is 10.3. The summed E-state index contributed by atoms with van der Waals surface area (Å²) >= 11 is 6.15. The molecule has 0 saturated heterocycles. The van der Waals surface area contributed by atoms with Gasteiger partial charge in [-0.25, -0.2) is 9.18 Å². The van der Waals surface area contributed by atoms with Crippen molar-refractivity contribution in [2.24, 2.45) is 0 Å². The summed E-state index contributed by atoms with van der Waals surface area (Å²) < 4.78 is 53.0. The van der Waals surface area contributed by atoms with Crippen LogP contribution < -0.4 is 10.6 Å². The molecule has 4 rings (SSSR count). The van der Waals surface area contributed by atoms with Gasteiger partial charge in [0.25, 0.3) is 0 Å². The Hall–Kier alpha value is -3.60. The van der Waals surface area contributed by atoms with Crippen LogP contribution in [0.3, 0.4) is 0 Å². The minimum atomic E-state index is -5.09. The molecule has 34 heavy (non-hydrogen) atoms. The van der Waals surface area contributed by atoms with E-state index >= 15 is 0 Å². The summed E-state index contributed by atoms with van der Waals surface area (Å²) in [5.74, 6) is -4.93. The second-order valence-electron chi connectivity index (χ2n) is 7.82. The fourth-order valence-electron chi connectivity index (χ4n) is 3.65. The normalized spacial score (nSPS) is 14.6. The number of fused-ring (bicyclic) bond motifs is 1. The number of aromatic nitrogens is 1. The van der Waals surface area contributed by atoms with Crippen molar-refractivity contribution in [3.8, 4) is 5.69 Å². The zero-order valence-electron chi connectivity index (χ0n) is 17.2. The van der Waals surface area contributed by atoms with Gasteiger partial charge in [-0.3, -0.25) is 9.59 Å². The highest BCUT2D eigenvalue weighted by Crippen LogP contribution is 2.37. The van der Waals surface area contributed by atoms with E-state index in [9.17, 15) is 37.1 Å². The highest BCUT2D eigenvalue weighted by molar-refractivity contribution is 6.38. The van der Waals surface area contributed by atoms with Crippen LogP contribution in [0.2, 0.25) is 5.02 Å². The molecule has 1 aliphatic rings. The number of nitrogens with zero attached hydrogens (tertiary/aromatic N) is 1. The van der Waals surface area contributed by atoms with E-state index in [2.05, 4.69) is 5.32 Å². The fraction of sp³-hybridized carbons (Fsp3) is 0.227. The van der Waals surface area contributed by atoms with Crippen LogP contribution in [-0.4, -0.2) is 39.2 Å². The maximum atomic E-state index is 14.3. The van der Waals surface area contributed by atoms with Gasteiger partial charge >= 0.3 is 18.1 Å². The summed E-state index contributed by atoms with van der Waals surface area (Å²) in [7, 11) is 0. The molecule has 1 heterocycles. The number of carboxylic acid groups (broad SMARTS) is 1. The zero-order chi connectivity index (χ0) is 24.8. The Bertz CT molecular complexity index is 1310. The lowest BCUT2D eigenvalue weighted by Gasteiger charge is -2.18. The third-order valence-electron chi connectivity index (χ3n) is 5.53. The average molecular weight is 498 g/mol. The minimum absolute atomic E-state index is 0.0338. The summed E-state index contributed by atoms with van der Waals surface area (Å²) in [6, 6.07) is 10.3. The predicted octanol–water partition coefficient (Wildman–Crippen LogP) is 3.95. The second-order valence-corrected chi connectivity index (χ2v) is 8.20. The first-order valence-electron chi connectivity index (χ1n) is 9.93. The number of carboxylic acids is 1. The Labute approximate surface area is 194 Å². The molecule has 0 radical (unpaired) electrons. The Morgan fingerprint density at radius 3 is 2.29 bits per heavy atom. The van der Waals surface area contributed by atoms with Crippen LogP contribution in [0.1, 0.15) is 28.9 Å². The molecule has 2 aromatic carbocycles. The number of carbonyl (C=O) groups is 3. The Balaban J connectivity index is 1.53. The van der Waals surface area contributed by atoms with Crippen LogP contribution in [0, 0.1) is 5.82 Å². The van der Waals surface area contributed by atoms with Gasteiger partial charge in [-0.2, -0.15) is 13.2 Å². The van der Waals surface area contributed by atoms with E-state index in [4.69, 9.17) is 11.6 Å². The standard InChI is InChI=1S/C22H16ClF4N3O4/c23-16-15-13(24)2-1-3-14(15)30(17(16)18(31)32)12-6-4-11(5-7-12)10-28-19(33)21(8-9-21)29-20(34)22(25,26)27/h1-7H,8-10H2,(H,28,33)(H,29,34)(H,31,32). The van der Waals surface area contributed by atoms with Crippen LogP contribution in [-0.2, 0) is 16.1 Å². The molecule has 1 fully saturated rings. The van der Waals surface area contributed by atoms with Crippen molar-refractivity contribution in [1.82, 2.24) is 15.2 Å². The smallest absolute Gasteiger partial charge is 0.471 e. The molecule has 12 heteroatoms. The molecule has 0 bridgehead atoms. The van der Waals surface area contributed by atoms with E-state index in [-0.39, 0.29) is 41.0 Å². The summed E-state index contributed by atoms with van der Waals surface area (Å²) in [5, 5.41) is 13.6. The molecule has 3 N–H and O–H groups in total. The van der Waals surface area contributed by atoms with E-state index in [1.165, 1.54) is 34.9 Å². The number of benzene rings is 2. The number of aromatic carboxylic acids is 1. The van der Waals surface area contributed by atoms with Crippen LogP contribution in [0.15, 0.2) is 42.5 Å². The van der Waals surface area contributed by atoms with Gasteiger partial charge in [0, 0.05) is 12.2 Å². The highest BCUT2D eigenvalue weighted by Gasteiger charge is 2.54. The van der Waals surface area contributed by atoms with Crippen molar-refractivity contribution in [2.75, 3.05) is 0 Å². The molecule has 1 aromatic heterocycles. The van der Waals surface area contributed by atoms with Crippen LogP contribution in [0.25, 0.3) is 16.6 Å². The number of hydrogen-bond donors (Lipinski definition) is 3. The van der Waals surface area contributed by atoms with Crippen molar-refractivity contribution < 1.29 is 37.1 Å². The summed E-state index contributed by atoms with van der Waals surface area (Å²) in [4.78, 5) is 35.3. The van der Waals surface area contributed by atoms with E-state index in [0.29, 0.717) is 11.3 Å². The van der Waals surface area contributed by atoms with Gasteiger partial charge < -0.3 is 20.3 Å². The lowest BCUT2D eigenvalue weighted by molar-refractivity contribution is -0.175. The fourth-order valence-corrected chi connectivity index (χ4v) is 4.00. The lowest BCUT2D eigenvalue weighted by atomic mass is 10.1. The maximum Gasteiger partial charge on any atom is 0.471 e. The third kappa shape index (κ3) is 4.18. The predicted molar refractivity (Wildman–Crippen MR) is 113 cm³/mol. The number of amides is 2. The average Bonchev–Trinajstić information content (AvgIpc) is 3.48. The summed E-state index contributed by atoms with van der Waals surface area (Å²) in [6.07, 6.45) is -4.90. The molecular formula is C22H16ClF4N3O4. The van der Waals surface area contributed by atoms with E-state index in [0.717, 1.165) is 0 Å². The van der Waals surface area contributed by atoms with Crippen LogP contribution >= 0.6 is 11.6 Å². The molecule has 178 valence electrons. The Morgan fingerprint density at radius 1 is 1.09 bits per heavy atom. The molecule has 2 amide bonds. The van der Waals surface area contributed by atoms with Crippen LogP contribution in [0.4, 0.5) is 17.6 Å². The summed E-state index contributed by atoms with van der Waals surface area (Å²) in [5.41, 5.74) is -0.724. The summed E-state index contributed by atoms with van der Waals surface area (Å²) in [6.45, 7) is -0.0453. The van der Waals surface area contributed by atoms with Crippen molar-refractivity contribution >= 4 is 40.3 Å². The first kappa shape index (κ1) is 23.6. The van der Waals surface area contributed by atoms with Gasteiger partial charge in [0.15, 0.2) is 5.69 Å². The molecule has 7 nitrogen and oxygen atoms in total. The number of rotatable bonds is 6. The SMILES string of the molecule is O=C(O)c1c(Cl)c2c(F)cccc2n1-c1ccc(CNC(=O)C2(NC(=O)C(F)(F)F)CC2)cc1. The minimum Gasteiger partial charge on any atom is -0.477 e. The lowest BCUT2D eigenvalue weighted by Crippen LogP contribution is -2.52. The topological polar surface area (TPSA) is 100 Å². The van der Waals surface area contributed by atoms with Crippen molar-refractivity contribution in [3.63, 3.8) is 0 Å². The monoisotopic (exact) mass is 497 g/mol. The molecule has 1 saturated carbocycles. The highest BCUT2D eigenvalue weighted by atomic mass is 35.5. The van der Waals surface area contributed by atoms with Crippen LogP contribution in [0.5, 0.6) is 0 Å². The molecule has 0 aliphatic heterocycles. The van der Waals surface area contributed by atoms with Gasteiger partial charge in [-0.05, 0) is 42.7 Å². The molecule has 1 aliphatic carbocycles. The van der Waals surface area contributed by atoms with E-state index < -0.39 is 35.3 Å². The maximum absolute atomic E-state index is 14.3. The van der Waals surface area contributed by atoms with Crippen molar-refractivity contribution in [3.05, 3.63) is 64.6 Å². The Kier molecular flexibility index (Phi) is 5.76. The number of hydrogen-bond acceptors (Lipinski definition) is 3.